The fraction of sp³-hybridized carbons (Fsp3) is 0.0714. The summed E-state index contributed by atoms with van der Waals surface area (Å²) in [6.45, 7) is 0.626. The lowest BCUT2D eigenvalue weighted by molar-refractivity contribution is 0.482. The number of hydrogen-bond acceptors (Lipinski definition) is 2. The molecule has 0 unspecified atom stereocenters. The summed E-state index contributed by atoms with van der Waals surface area (Å²) in [6.07, 6.45) is 0. The maximum Gasteiger partial charge on any atom is 0.163 e. The van der Waals surface area contributed by atoms with E-state index in [0.717, 1.165) is 17.1 Å². The lowest BCUT2D eigenvalue weighted by Crippen LogP contribution is -2.28. The van der Waals surface area contributed by atoms with Crippen molar-refractivity contribution in [3.8, 4) is 11.5 Å². The minimum atomic E-state index is 0.305. The van der Waals surface area contributed by atoms with Crippen LogP contribution in [0.15, 0.2) is 54.6 Å². The van der Waals surface area contributed by atoms with Gasteiger partial charge < -0.3 is 15.8 Å². The molecule has 0 aromatic heterocycles. The van der Waals surface area contributed by atoms with Crippen molar-refractivity contribution in [1.29, 1.82) is 0 Å². The van der Waals surface area contributed by atoms with Crippen molar-refractivity contribution in [3.63, 3.8) is 0 Å². The predicted molar refractivity (Wildman–Crippen MR) is 76.6 cm³/mol. The molecule has 2 rings (SSSR count). The molecule has 0 spiro atoms. The van der Waals surface area contributed by atoms with Gasteiger partial charge in [-0.25, -0.2) is 0 Å². The molecule has 0 aliphatic carbocycles. The summed E-state index contributed by atoms with van der Waals surface area (Å²) in [5, 5.41) is 3.20. The highest BCUT2D eigenvalue weighted by molar-refractivity contribution is 7.80. The zero-order valence-corrected chi connectivity index (χ0v) is 10.6. The topological polar surface area (TPSA) is 47.3 Å². The standard InChI is InChI=1S/C14H14N2OS/c15-14(18)16-10-11-6-8-13(9-7-11)17-12-4-2-1-3-5-12/h1-9H,10H2,(H3,15,16,18). The largest absolute Gasteiger partial charge is 0.457 e. The number of para-hydroxylation sites is 1. The van der Waals surface area contributed by atoms with E-state index < -0.39 is 0 Å². The Labute approximate surface area is 112 Å². The molecule has 0 amide bonds. The van der Waals surface area contributed by atoms with Crippen LogP contribution in [-0.4, -0.2) is 5.11 Å². The smallest absolute Gasteiger partial charge is 0.163 e. The van der Waals surface area contributed by atoms with Crippen LogP contribution in [0.5, 0.6) is 11.5 Å². The van der Waals surface area contributed by atoms with Crippen LogP contribution in [0.4, 0.5) is 0 Å². The highest BCUT2D eigenvalue weighted by atomic mass is 32.1. The van der Waals surface area contributed by atoms with Crippen LogP contribution >= 0.6 is 12.2 Å². The van der Waals surface area contributed by atoms with Gasteiger partial charge in [0.25, 0.3) is 0 Å². The molecule has 3 nitrogen and oxygen atoms in total. The summed E-state index contributed by atoms with van der Waals surface area (Å²) in [7, 11) is 0. The van der Waals surface area contributed by atoms with Crippen LogP contribution in [0.1, 0.15) is 5.56 Å². The summed E-state index contributed by atoms with van der Waals surface area (Å²) < 4.78 is 5.69. The van der Waals surface area contributed by atoms with Gasteiger partial charge >= 0.3 is 0 Å². The molecular weight excluding hydrogens is 244 g/mol. The van der Waals surface area contributed by atoms with E-state index in [9.17, 15) is 0 Å². The Balaban J connectivity index is 1.97. The normalized spacial score (nSPS) is 9.78. The van der Waals surface area contributed by atoms with E-state index in [1.54, 1.807) is 0 Å². The minimum Gasteiger partial charge on any atom is -0.457 e. The van der Waals surface area contributed by atoms with E-state index in [4.69, 9.17) is 22.7 Å². The van der Waals surface area contributed by atoms with Gasteiger partial charge in [-0.15, -0.1) is 0 Å². The fourth-order valence-corrected chi connectivity index (χ4v) is 1.56. The summed E-state index contributed by atoms with van der Waals surface area (Å²) in [6, 6.07) is 17.5. The molecule has 0 heterocycles. The highest BCUT2D eigenvalue weighted by Gasteiger charge is 1.97. The Morgan fingerprint density at radius 3 is 2.22 bits per heavy atom. The van der Waals surface area contributed by atoms with E-state index >= 15 is 0 Å². The molecule has 0 aliphatic rings. The molecule has 0 bridgehead atoms. The molecule has 0 saturated carbocycles. The Morgan fingerprint density at radius 2 is 1.61 bits per heavy atom. The van der Waals surface area contributed by atoms with Gasteiger partial charge in [0, 0.05) is 6.54 Å². The molecule has 0 radical (unpaired) electrons. The first kappa shape index (κ1) is 12.4. The van der Waals surface area contributed by atoms with Gasteiger partial charge in [-0.2, -0.15) is 0 Å². The van der Waals surface area contributed by atoms with E-state index in [2.05, 4.69) is 5.32 Å². The van der Waals surface area contributed by atoms with E-state index in [-0.39, 0.29) is 0 Å². The molecule has 3 N–H and O–H groups in total. The van der Waals surface area contributed by atoms with Crippen LogP contribution in [-0.2, 0) is 6.54 Å². The molecule has 92 valence electrons. The number of ether oxygens (including phenoxy) is 1. The van der Waals surface area contributed by atoms with Gasteiger partial charge in [0.2, 0.25) is 0 Å². The first-order valence-electron chi connectivity index (χ1n) is 5.59. The predicted octanol–water partition coefficient (Wildman–Crippen LogP) is 2.81. The zero-order valence-electron chi connectivity index (χ0n) is 9.80. The zero-order chi connectivity index (χ0) is 12.8. The summed E-state index contributed by atoms with van der Waals surface area (Å²) >= 11 is 4.75. The molecule has 18 heavy (non-hydrogen) atoms. The molecular formula is C14H14N2OS. The quantitative estimate of drug-likeness (QED) is 0.828. The number of rotatable bonds is 4. The summed E-state index contributed by atoms with van der Waals surface area (Å²) in [4.78, 5) is 0. The Kier molecular flexibility index (Phi) is 4.15. The third-order valence-electron chi connectivity index (χ3n) is 2.37. The SMILES string of the molecule is NC(=S)NCc1ccc(Oc2ccccc2)cc1. The van der Waals surface area contributed by atoms with Crippen molar-refractivity contribution < 1.29 is 4.74 Å². The average molecular weight is 258 g/mol. The Morgan fingerprint density at radius 1 is 1.00 bits per heavy atom. The monoisotopic (exact) mass is 258 g/mol. The summed E-state index contributed by atoms with van der Waals surface area (Å²) in [5.74, 6) is 1.63. The van der Waals surface area contributed by atoms with Crippen molar-refractivity contribution in [2.24, 2.45) is 5.73 Å². The second kappa shape index (κ2) is 6.02. The maximum atomic E-state index is 5.69. The lowest BCUT2D eigenvalue weighted by atomic mass is 10.2. The summed E-state index contributed by atoms with van der Waals surface area (Å²) in [5.41, 5.74) is 6.47. The van der Waals surface area contributed by atoms with Gasteiger partial charge in [-0.1, -0.05) is 30.3 Å². The van der Waals surface area contributed by atoms with Crippen LogP contribution in [0.25, 0.3) is 0 Å². The third kappa shape index (κ3) is 3.75. The lowest BCUT2D eigenvalue weighted by Gasteiger charge is -2.07. The minimum absolute atomic E-state index is 0.305. The molecule has 0 fully saturated rings. The first-order chi connectivity index (χ1) is 8.74. The molecule has 0 saturated heterocycles. The van der Waals surface area contributed by atoms with Crippen LogP contribution < -0.4 is 15.8 Å². The first-order valence-corrected chi connectivity index (χ1v) is 6.00. The van der Waals surface area contributed by atoms with Crippen molar-refractivity contribution in [2.45, 2.75) is 6.54 Å². The van der Waals surface area contributed by atoms with Gasteiger partial charge in [0.1, 0.15) is 11.5 Å². The van der Waals surface area contributed by atoms with Crippen LogP contribution in [0.2, 0.25) is 0 Å². The number of nitrogens with one attached hydrogen (secondary N) is 1. The van der Waals surface area contributed by atoms with Crippen molar-refractivity contribution in [1.82, 2.24) is 5.32 Å². The third-order valence-corrected chi connectivity index (χ3v) is 2.51. The van der Waals surface area contributed by atoms with E-state index in [1.165, 1.54) is 0 Å². The van der Waals surface area contributed by atoms with Gasteiger partial charge in [0.15, 0.2) is 5.11 Å². The van der Waals surface area contributed by atoms with Crippen molar-refractivity contribution in [3.05, 3.63) is 60.2 Å². The molecule has 2 aromatic carbocycles. The Bertz CT molecular complexity index is 511. The van der Waals surface area contributed by atoms with Gasteiger partial charge in [-0.05, 0) is 42.0 Å². The number of hydrogen-bond donors (Lipinski definition) is 2. The molecule has 2 aromatic rings. The number of benzene rings is 2. The second-order valence-corrected chi connectivity index (χ2v) is 4.22. The Hall–Kier alpha value is -2.07. The van der Waals surface area contributed by atoms with Crippen molar-refractivity contribution >= 4 is 17.3 Å². The fourth-order valence-electron chi connectivity index (χ4n) is 1.49. The van der Waals surface area contributed by atoms with Gasteiger partial charge in [-0.3, -0.25) is 0 Å². The van der Waals surface area contributed by atoms with Crippen molar-refractivity contribution in [2.75, 3.05) is 0 Å². The second-order valence-electron chi connectivity index (χ2n) is 3.78. The number of nitrogens with two attached hydrogens (primary N) is 1. The maximum absolute atomic E-state index is 5.69. The average Bonchev–Trinajstić information content (AvgIpc) is 2.39. The molecule has 0 aliphatic heterocycles. The highest BCUT2D eigenvalue weighted by Crippen LogP contribution is 2.20. The van der Waals surface area contributed by atoms with E-state index in [0.29, 0.717) is 11.7 Å². The van der Waals surface area contributed by atoms with Crippen LogP contribution in [0.3, 0.4) is 0 Å². The van der Waals surface area contributed by atoms with Gasteiger partial charge in [0.05, 0.1) is 0 Å². The van der Waals surface area contributed by atoms with E-state index in [1.807, 2.05) is 54.6 Å². The number of thiocarbonyl (C=S) groups is 1. The van der Waals surface area contributed by atoms with Crippen LogP contribution in [0, 0.1) is 0 Å². The molecule has 0 atom stereocenters. The molecule has 4 heteroatoms.